The van der Waals surface area contributed by atoms with Crippen molar-refractivity contribution in [2.45, 2.75) is 13.3 Å². The van der Waals surface area contributed by atoms with Crippen LogP contribution < -0.4 is 0 Å². The lowest BCUT2D eigenvalue weighted by molar-refractivity contribution is 1.13. The van der Waals surface area contributed by atoms with Crippen LogP contribution in [0.5, 0.6) is 0 Å². The smallest absolute Gasteiger partial charge is 0.0979 e. The van der Waals surface area contributed by atoms with Crippen LogP contribution in [0.2, 0.25) is 0 Å². The highest BCUT2D eigenvalue weighted by atomic mass is 79.9. The van der Waals surface area contributed by atoms with Gasteiger partial charge in [0.15, 0.2) is 0 Å². The van der Waals surface area contributed by atoms with Crippen LogP contribution in [-0.2, 0) is 6.42 Å². The number of hydrogen-bond donors (Lipinski definition) is 0. The number of benzene rings is 2. The summed E-state index contributed by atoms with van der Waals surface area (Å²) in [5.41, 5.74) is 3.52. The van der Waals surface area contributed by atoms with Crippen LogP contribution in [0.15, 0.2) is 57.5 Å². The van der Waals surface area contributed by atoms with Gasteiger partial charge in [-0.3, -0.25) is 0 Å². The van der Waals surface area contributed by atoms with E-state index < -0.39 is 0 Å². The largest absolute Gasteiger partial charge is 0.241 e. The Morgan fingerprint density at radius 1 is 1.05 bits per heavy atom. The third kappa shape index (κ3) is 3.44. The zero-order valence-electron chi connectivity index (χ0n) is 11.4. The van der Waals surface area contributed by atoms with Crippen molar-refractivity contribution in [2.24, 2.45) is 0 Å². The Labute approximate surface area is 145 Å². The molecule has 0 N–H and O–H groups in total. The Balaban J connectivity index is 1.93. The molecular weight excluding hydrogens is 410 g/mol. The van der Waals surface area contributed by atoms with Gasteiger partial charge in [-0.25, -0.2) is 4.98 Å². The summed E-state index contributed by atoms with van der Waals surface area (Å²) in [5.74, 6) is 0. The van der Waals surface area contributed by atoms with Gasteiger partial charge in [-0.2, -0.15) is 0 Å². The normalized spacial score (nSPS) is 10.8. The van der Waals surface area contributed by atoms with Crippen LogP contribution in [0, 0.1) is 6.92 Å². The summed E-state index contributed by atoms with van der Waals surface area (Å²) < 4.78 is 2.22. The first kappa shape index (κ1) is 14.9. The molecule has 1 nitrogen and oxygen atoms in total. The molecule has 4 heteroatoms. The number of rotatable bonds is 3. The zero-order chi connectivity index (χ0) is 14.8. The highest BCUT2D eigenvalue weighted by Gasteiger charge is 2.11. The Morgan fingerprint density at radius 3 is 2.62 bits per heavy atom. The molecule has 0 atom stereocenters. The lowest BCUT2D eigenvalue weighted by atomic mass is 10.1. The summed E-state index contributed by atoms with van der Waals surface area (Å²) in [6.07, 6.45) is 0.862. The molecule has 0 aliphatic rings. The maximum atomic E-state index is 4.83. The third-order valence-electron chi connectivity index (χ3n) is 3.24. The highest BCUT2D eigenvalue weighted by molar-refractivity contribution is 9.10. The Bertz CT molecular complexity index is 780. The van der Waals surface area contributed by atoms with E-state index in [1.807, 2.05) is 18.2 Å². The zero-order valence-corrected chi connectivity index (χ0v) is 15.4. The van der Waals surface area contributed by atoms with Gasteiger partial charge in [0.2, 0.25) is 0 Å². The van der Waals surface area contributed by atoms with Gasteiger partial charge in [0.25, 0.3) is 0 Å². The van der Waals surface area contributed by atoms with E-state index in [4.69, 9.17) is 4.98 Å². The summed E-state index contributed by atoms with van der Waals surface area (Å²) >= 11 is 8.90. The molecular formula is C17H13Br2NS. The molecule has 3 aromatic rings. The second kappa shape index (κ2) is 6.42. The van der Waals surface area contributed by atoms with Gasteiger partial charge >= 0.3 is 0 Å². The van der Waals surface area contributed by atoms with Crippen LogP contribution in [0.3, 0.4) is 0 Å². The van der Waals surface area contributed by atoms with E-state index in [0.29, 0.717) is 0 Å². The van der Waals surface area contributed by atoms with E-state index in [-0.39, 0.29) is 0 Å². The average molecular weight is 423 g/mol. The standard InChI is InChI=1S/C17H13Br2NS/c1-11-17(13-6-4-7-14(18)9-13)20-16(21-11)10-12-5-2-3-8-15(12)19/h2-9H,10H2,1H3. The molecule has 0 saturated heterocycles. The van der Waals surface area contributed by atoms with E-state index >= 15 is 0 Å². The fourth-order valence-electron chi connectivity index (χ4n) is 2.24. The Hall–Kier alpha value is -0.970. The number of halogens is 2. The summed E-state index contributed by atoms with van der Waals surface area (Å²) in [6, 6.07) is 16.6. The SMILES string of the molecule is Cc1sc(Cc2ccccc2Br)nc1-c1cccc(Br)c1. The number of aromatic nitrogens is 1. The van der Waals surface area contributed by atoms with Crippen LogP contribution in [0.25, 0.3) is 11.3 Å². The van der Waals surface area contributed by atoms with Gasteiger partial charge in [0.05, 0.1) is 10.7 Å². The molecule has 21 heavy (non-hydrogen) atoms. The monoisotopic (exact) mass is 421 g/mol. The molecule has 0 saturated carbocycles. The van der Waals surface area contributed by atoms with Gasteiger partial charge in [0.1, 0.15) is 0 Å². The van der Waals surface area contributed by atoms with E-state index in [9.17, 15) is 0 Å². The molecule has 2 aromatic carbocycles. The minimum atomic E-state index is 0.862. The molecule has 0 amide bonds. The second-order valence-corrected chi connectivity index (χ2v) is 7.85. The lowest BCUT2D eigenvalue weighted by Crippen LogP contribution is -1.89. The maximum Gasteiger partial charge on any atom is 0.0979 e. The molecule has 0 unspecified atom stereocenters. The summed E-state index contributed by atoms with van der Waals surface area (Å²) in [7, 11) is 0. The maximum absolute atomic E-state index is 4.83. The fraction of sp³-hybridized carbons (Fsp3) is 0.118. The molecule has 0 aliphatic carbocycles. The number of nitrogens with zero attached hydrogens (tertiary/aromatic N) is 1. The van der Waals surface area contributed by atoms with Gasteiger partial charge in [0, 0.05) is 25.8 Å². The third-order valence-corrected chi connectivity index (χ3v) is 5.48. The van der Waals surface area contributed by atoms with Crippen molar-refractivity contribution in [2.75, 3.05) is 0 Å². The van der Waals surface area contributed by atoms with E-state index in [1.165, 1.54) is 10.4 Å². The molecule has 0 fully saturated rings. The molecule has 0 bridgehead atoms. The topological polar surface area (TPSA) is 12.9 Å². The number of aryl methyl sites for hydroxylation is 1. The molecule has 1 aromatic heterocycles. The van der Waals surface area contributed by atoms with Gasteiger partial charge < -0.3 is 0 Å². The fourth-order valence-corrected chi connectivity index (χ4v) is 4.04. The lowest BCUT2D eigenvalue weighted by Gasteiger charge is -2.01. The first-order valence-corrected chi connectivity index (χ1v) is 8.99. The minimum absolute atomic E-state index is 0.862. The van der Waals surface area contributed by atoms with Crippen molar-refractivity contribution in [3.8, 4) is 11.3 Å². The minimum Gasteiger partial charge on any atom is -0.241 e. The van der Waals surface area contributed by atoms with Crippen molar-refractivity contribution < 1.29 is 0 Å². The molecule has 3 rings (SSSR count). The number of hydrogen-bond acceptors (Lipinski definition) is 2. The predicted molar refractivity (Wildman–Crippen MR) is 96.9 cm³/mol. The average Bonchev–Trinajstić information content (AvgIpc) is 2.82. The Morgan fingerprint density at radius 2 is 1.86 bits per heavy atom. The number of thiazole rings is 1. The van der Waals surface area contributed by atoms with Crippen molar-refractivity contribution in [3.05, 3.63) is 72.9 Å². The first-order chi connectivity index (χ1) is 10.1. The van der Waals surface area contributed by atoms with Crippen LogP contribution in [0.1, 0.15) is 15.4 Å². The second-order valence-electron chi connectivity index (χ2n) is 4.79. The van der Waals surface area contributed by atoms with E-state index in [1.54, 1.807) is 11.3 Å². The predicted octanol–water partition coefficient (Wildman–Crippen LogP) is 6.23. The van der Waals surface area contributed by atoms with E-state index in [0.717, 1.165) is 31.6 Å². The highest BCUT2D eigenvalue weighted by Crippen LogP contribution is 2.31. The van der Waals surface area contributed by atoms with Crippen molar-refractivity contribution in [3.63, 3.8) is 0 Å². The molecule has 0 aliphatic heterocycles. The quantitative estimate of drug-likeness (QED) is 0.487. The van der Waals surface area contributed by atoms with Gasteiger partial charge in [-0.05, 0) is 30.7 Å². The summed E-state index contributed by atoms with van der Waals surface area (Å²) in [6.45, 7) is 2.14. The van der Waals surface area contributed by atoms with Crippen molar-refractivity contribution in [1.29, 1.82) is 0 Å². The molecule has 106 valence electrons. The van der Waals surface area contributed by atoms with Gasteiger partial charge in [-0.15, -0.1) is 11.3 Å². The van der Waals surface area contributed by atoms with E-state index in [2.05, 4.69) is 69.1 Å². The molecule has 1 heterocycles. The summed E-state index contributed by atoms with van der Waals surface area (Å²) in [5, 5.41) is 1.15. The summed E-state index contributed by atoms with van der Waals surface area (Å²) in [4.78, 5) is 6.09. The molecule has 0 radical (unpaired) electrons. The van der Waals surface area contributed by atoms with Crippen molar-refractivity contribution >= 4 is 43.2 Å². The Kier molecular flexibility index (Phi) is 4.57. The van der Waals surface area contributed by atoms with Crippen molar-refractivity contribution in [1.82, 2.24) is 4.98 Å². The van der Waals surface area contributed by atoms with Crippen LogP contribution in [0.4, 0.5) is 0 Å². The first-order valence-electron chi connectivity index (χ1n) is 6.59. The van der Waals surface area contributed by atoms with Gasteiger partial charge in [-0.1, -0.05) is 62.2 Å². The van der Waals surface area contributed by atoms with Crippen LogP contribution in [-0.4, -0.2) is 4.98 Å². The molecule has 0 spiro atoms. The van der Waals surface area contributed by atoms with Crippen LogP contribution >= 0.6 is 43.2 Å².